The van der Waals surface area contributed by atoms with Crippen molar-refractivity contribution in [3.05, 3.63) is 29.8 Å². The summed E-state index contributed by atoms with van der Waals surface area (Å²) < 4.78 is 10.4. The van der Waals surface area contributed by atoms with Gasteiger partial charge in [0.25, 0.3) is 5.91 Å². The van der Waals surface area contributed by atoms with Gasteiger partial charge in [-0.2, -0.15) is 0 Å². The van der Waals surface area contributed by atoms with Crippen LogP contribution in [0.3, 0.4) is 0 Å². The standard InChI is InChI=1S/C17H25N3O3S/c1-4-5-6-11-18-17(24)20-19-16(21)10-8-13-7-9-14(22-2)15(12-13)23-3/h7-10,12H,4-6,11H2,1-3H3,(H,19,21)(H2,18,20,24)/b10-8+. The molecule has 0 atom stereocenters. The van der Waals surface area contributed by atoms with Gasteiger partial charge in [0, 0.05) is 12.6 Å². The van der Waals surface area contributed by atoms with E-state index in [1.54, 1.807) is 32.4 Å². The number of carbonyl (C=O) groups is 1. The lowest BCUT2D eigenvalue weighted by atomic mass is 10.2. The molecule has 0 saturated heterocycles. The number of unbranched alkanes of at least 4 members (excludes halogenated alkanes) is 2. The van der Waals surface area contributed by atoms with Crippen LogP contribution in [0.5, 0.6) is 11.5 Å². The zero-order valence-corrected chi connectivity index (χ0v) is 15.2. The number of rotatable bonds is 8. The molecule has 0 aliphatic carbocycles. The van der Waals surface area contributed by atoms with Gasteiger partial charge in [-0.25, -0.2) is 0 Å². The van der Waals surface area contributed by atoms with Crippen molar-refractivity contribution in [2.75, 3.05) is 20.8 Å². The van der Waals surface area contributed by atoms with Gasteiger partial charge in [0.1, 0.15) is 0 Å². The first-order chi connectivity index (χ1) is 11.6. The second-order valence-electron chi connectivity index (χ2n) is 5.03. The highest BCUT2D eigenvalue weighted by Crippen LogP contribution is 2.27. The minimum Gasteiger partial charge on any atom is -0.493 e. The normalized spacial score (nSPS) is 10.3. The second-order valence-corrected chi connectivity index (χ2v) is 5.43. The van der Waals surface area contributed by atoms with Crippen molar-refractivity contribution in [1.82, 2.24) is 16.2 Å². The molecule has 1 aromatic rings. The van der Waals surface area contributed by atoms with Crippen molar-refractivity contribution < 1.29 is 14.3 Å². The minimum atomic E-state index is -0.303. The first kappa shape index (κ1) is 19.8. The average Bonchev–Trinajstić information content (AvgIpc) is 2.61. The van der Waals surface area contributed by atoms with Crippen LogP contribution < -0.4 is 25.6 Å². The molecule has 132 valence electrons. The van der Waals surface area contributed by atoms with Crippen LogP contribution in [-0.2, 0) is 4.79 Å². The summed E-state index contributed by atoms with van der Waals surface area (Å²) in [6.45, 7) is 2.93. The fourth-order valence-electron chi connectivity index (χ4n) is 1.91. The monoisotopic (exact) mass is 351 g/mol. The quantitative estimate of drug-likeness (QED) is 0.289. The number of ether oxygens (including phenoxy) is 2. The van der Waals surface area contributed by atoms with Crippen LogP contribution in [0.25, 0.3) is 6.08 Å². The minimum absolute atomic E-state index is 0.303. The van der Waals surface area contributed by atoms with Crippen LogP contribution in [-0.4, -0.2) is 31.8 Å². The maximum Gasteiger partial charge on any atom is 0.262 e. The number of thiocarbonyl (C=S) groups is 1. The third-order valence-corrected chi connectivity index (χ3v) is 3.45. The van der Waals surface area contributed by atoms with Crippen LogP contribution in [0.15, 0.2) is 24.3 Å². The number of hydrogen-bond acceptors (Lipinski definition) is 4. The Morgan fingerprint density at radius 1 is 1.17 bits per heavy atom. The lowest BCUT2D eigenvalue weighted by Gasteiger charge is -2.10. The van der Waals surface area contributed by atoms with Crippen LogP contribution in [0, 0.1) is 0 Å². The highest BCUT2D eigenvalue weighted by atomic mass is 32.1. The zero-order chi connectivity index (χ0) is 17.8. The molecule has 0 aliphatic rings. The Kier molecular flexibility index (Phi) is 9.29. The molecule has 3 N–H and O–H groups in total. The van der Waals surface area contributed by atoms with Crippen molar-refractivity contribution in [1.29, 1.82) is 0 Å². The van der Waals surface area contributed by atoms with E-state index in [1.807, 2.05) is 6.07 Å². The number of methoxy groups -OCH3 is 2. The largest absolute Gasteiger partial charge is 0.493 e. The van der Waals surface area contributed by atoms with E-state index in [0.717, 1.165) is 31.4 Å². The number of benzene rings is 1. The molecule has 0 aromatic heterocycles. The molecule has 0 saturated carbocycles. The average molecular weight is 351 g/mol. The summed E-state index contributed by atoms with van der Waals surface area (Å²) >= 11 is 5.07. The molecule has 0 radical (unpaired) electrons. The van der Waals surface area contributed by atoms with Gasteiger partial charge in [-0.1, -0.05) is 25.8 Å². The Morgan fingerprint density at radius 3 is 2.58 bits per heavy atom. The zero-order valence-electron chi connectivity index (χ0n) is 14.3. The number of amides is 1. The van der Waals surface area contributed by atoms with E-state index in [0.29, 0.717) is 16.6 Å². The van der Waals surface area contributed by atoms with E-state index in [4.69, 9.17) is 21.7 Å². The van der Waals surface area contributed by atoms with E-state index in [2.05, 4.69) is 23.1 Å². The van der Waals surface area contributed by atoms with Gasteiger partial charge in [0.05, 0.1) is 14.2 Å². The van der Waals surface area contributed by atoms with Gasteiger partial charge in [-0.15, -0.1) is 0 Å². The number of nitrogens with one attached hydrogen (secondary N) is 3. The van der Waals surface area contributed by atoms with Gasteiger partial charge in [-0.3, -0.25) is 15.6 Å². The van der Waals surface area contributed by atoms with E-state index >= 15 is 0 Å². The van der Waals surface area contributed by atoms with Crippen molar-refractivity contribution in [3.8, 4) is 11.5 Å². The first-order valence-corrected chi connectivity index (χ1v) is 8.25. The molecular formula is C17H25N3O3S. The van der Waals surface area contributed by atoms with Gasteiger partial charge in [0.2, 0.25) is 0 Å². The molecule has 1 rings (SSSR count). The van der Waals surface area contributed by atoms with Crippen LogP contribution >= 0.6 is 12.2 Å². The second kappa shape index (κ2) is 11.3. The SMILES string of the molecule is CCCCCNC(=S)NNC(=O)/C=C/c1ccc(OC)c(OC)c1. The predicted molar refractivity (Wildman–Crippen MR) is 100.0 cm³/mol. The summed E-state index contributed by atoms with van der Waals surface area (Å²) in [5.74, 6) is 0.943. The fourth-order valence-corrected chi connectivity index (χ4v) is 2.06. The smallest absolute Gasteiger partial charge is 0.262 e. The fraction of sp³-hybridized carbons (Fsp3) is 0.412. The molecule has 0 bridgehead atoms. The Labute approximate surface area is 148 Å². The van der Waals surface area contributed by atoms with E-state index in [1.165, 1.54) is 6.08 Å². The molecule has 1 amide bonds. The predicted octanol–water partition coefficient (Wildman–Crippen LogP) is 2.40. The topological polar surface area (TPSA) is 71.6 Å². The van der Waals surface area contributed by atoms with Crippen LogP contribution in [0.1, 0.15) is 31.7 Å². The molecule has 0 spiro atoms. The summed E-state index contributed by atoms with van der Waals surface area (Å²) in [5, 5.41) is 3.43. The van der Waals surface area contributed by atoms with E-state index < -0.39 is 0 Å². The van der Waals surface area contributed by atoms with Gasteiger partial charge < -0.3 is 14.8 Å². The molecular weight excluding hydrogens is 326 g/mol. The summed E-state index contributed by atoms with van der Waals surface area (Å²) in [6.07, 6.45) is 6.44. The third kappa shape index (κ3) is 7.32. The Balaban J connectivity index is 2.41. The van der Waals surface area contributed by atoms with Crippen LogP contribution in [0.4, 0.5) is 0 Å². The highest BCUT2D eigenvalue weighted by Gasteiger charge is 2.03. The maximum atomic E-state index is 11.8. The van der Waals surface area contributed by atoms with E-state index in [-0.39, 0.29) is 5.91 Å². The van der Waals surface area contributed by atoms with E-state index in [9.17, 15) is 4.79 Å². The first-order valence-electron chi connectivity index (χ1n) is 7.84. The third-order valence-electron chi connectivity index (χ3n) is 3.20. The molecule has 1 aromatic carbocycles. The lowest BCUT2D eigenvalue weighted by molar-refractivity contribution is -0.116. The summed E-state index contributed by atoms with van der Waals surface area (Å²) in [5.41, 5.74) is 5.99. The molecule has 0 aliphatic heterocycles. The van der Waals surface area contributed by atoms with Crippen molar-refractivity contribution in [3.63, 3.8) is 0 Å². The molecule has 24 heavy (non-hydrogen) atoms. The molecule has 0 heterocycles. The van der Waals surface area contributed by atoms with Gasteiger partial charge >= 0.3 is 0 Å². The van der Waals surface area contributed by atoms with Crippen LogP contribution in [0.2, 0.25) is 0 Å². The van der Waals surface area contributed by atoms with Gasteiger partial charge in [0.15, 0.2) is 16.6 Å². The van der Waals surface area contributed by atoms with Gasteiger partial charge in [-0.05, 0) is 42.4 Å². The number of hydrogen-bond donors (Lipinski definition) is 3. The Morgan fingerprint density at radius 2 is 1.92 bits per heavy atom. The number of hydrazine groups is 1. The molecule has 7 heteroatoms. The molecule has 6 nitrogen and oxygen atoms in total. The summed E-state index contributed by atoms with van der Waals surface area (Å²) in [4.78, 5) is 11.8. The molecule has 0 unspecified atom stereocenters. The summed E-state index contributed by atoms with van der Waals surface area (Å²) in [6, 6.07) is 5.40. The lowest BCUT2D eigenvalue weighted by Crippen LogP contribution is -2.46. The Bertz CT molecular complexity index is 576. The maximum absolute atomic E-state index is 11.8. The molecule has 0 fully saturated rings. The highest BCUT2D eigenvalue weighted by molar-refractivity contribution is 7.80. The summed E-state index contributed by atoms with van der Waals surface area (Å²) in [7, 11) is 3.14. The van der Waals surface area contributed by atoms with Crippen molar-refractivity contribution in [2.45, 2.75) is 26.2 Å². The van der Waals surface area contributed by atoms with Crippen molar-refractivity contribution >= 4 is 29.3 Å². The number of carbonyl (C=O) groups excluding carboxylic acids is 1. The van der Waals surface area contributed by atoms with Crippen molar-refractivity contribution in [2.24, 2.45) is 0 Å². The Hall–Kier alpha value is -2.28.